The van der Waals surface area contributed by atoms with Crippen molar-refractivity contribution in [3.63, 3.8) is 0 Å². The summed E-state index contributed by atoms with van der Waals surface area (Å²) >= 11 is 5.90. The molecule has 2 aromatic heterocycles. The number of anilines is 1. The zero-order valence-electron chi connectivity index (χ0n) is 20.8. The van der Waals surface area contributed by atoms with E-state index in [1.165, 1.54) is 6.20 Å². The highest BCUT2D eigenvalue weighted by Crippen LogP contribution is 2.36. The number of alkyl carbamates (subject to hydrolysis) is 1. The molecule has 1 aliphatic heterocycles. The summed E-state index contributed by atoms with van der Waals surface area (Å²) < 4.78 is 7.45. The van der Waals surface area contributed by atoms with E-state index < -0.39 is 11.7 Å². The van der Waals surface area contributed by atoms with Crippen molar-refractivity contribution >= 4 is 40.2 Å². The molecule has 0 unspecified atom stereocenters. The number of benzene rings is 1. The third kappa shape index (κ3) is 5.56. The number of nitrogens with zero attached hydrogens (tertiary/aromatic N) is 5. The van der Waals surface area contributed by atoms with Gasteiger partial charge in [0.2, 0.25) is 5.28 Å². The first-order chi connectivity index (χ1) is 16.5. The highest BCUT2D eigenvalue weighted by molar-refractivity contribution is 6.28. The average Bonchev–Trinajstić information content (AvgIpc) is 3.35. The second-order valence-corrected chi connectivity index (χ2v) is 10.2. The van der Waals surface area contributed by atoms with Crippen LogP contribution in [-0.4, -0.2) is 56.1 Å². The Morgan fingerprint density at radius 2 is 2.00 bits per heavy atom. The molecule has 1 aliphatic rings. The van der Waals surface area contributed by atoms with E-state index in [1.54, 1.807) is 6.07 Å². The van der Waals surface area contributed by atoms with Crippen LogP contribution >= 0.6 is 11.6 Å². The second kappa shape index (κ2) is 9.81. The number of aryl methyl sites for hydroxylation is 2. The van der Waals surface area contributed by atoms with Gasteiger partial charge in [-0.05, 0) is 69.8 Å². The van der Waals surface area contributed by atoms with Crippen LogP contribution in [0.1, 0.15) is 55.5 Å². The van der Waals surface area contributed by atoms with E-state index in [4.69, 9.17) is 21.3 Å². The van der Waals surface area contributed by atoms with Crippen molar-refractivity contribution in [1.82, 2.24) is 24.8 Å². The van der Waals surface area contributed by atoms with E-state index in [0.717, 1.165) is 47.5 Å². The summed E-state index contributed by atoms with van der Waals surface area (Å²) in [7, 11) is 1.98. The molecule has 1 amide bonds. The lowest BCUT2D eigenvalue weighted by Gasteiger charge is -2.30. The minimum Gasteiger partial charge on any atom is -0.444 e. The zero-order chi connectivity index (χ0) is 25.3. The highest BCUT2D eigenvalue weighted by Gasteiger charge is 2.30. The summed E-state index contributed by atoms with van der Waals surface area (Å²) in [5, 5.41) is 2.95. The van der Waals surface area contributed by atoms with Gasteiger partial charge in [-0.2, -0.15) is 0 Å². The van der Waals surface area contributed by atoms with Crippen molar-refractivity contribution in [3.05, 3.63) is 46.8 Å². The van der Waals surface area contributed by atoms with E-state index >= 15 is 0 Å². The number of nitrogens with one attached hydrogen (secondary N) is 1. The van der Waals surface area contributed by atoms with Gasteiger partial charge in [0.1, 0.15) is 22.6 Å². The Labute approximate surface area is 209 Å². The maximum Gasteiger partial charge on any atom is 0.407 e. The average molecular weight is 499 g/mol. The first kappa shape index (κ1) is 24.9. The van der Waals surface area contributed by atoms with Crippen LogP contribution < -0.4 is 10.2 Å². The fourth-order valence-corrected chi connectivity index (χ4v) is 4.62. The topological polar surface area (TPSA) is 102 Å². The van der Waals surface area contributed by atoms with Crippen molar-refractivity contribution in [2.24, 2.45) is 7.05 Å². The summed E-state index contributed by atoms with van der Waals surface area (Å²) in [6.07, 6.45) is 3.07. The second-order valence-electron chi connectivity index (χ2n) is 9.84. The molecule has 4 rings (SSSR count). The number of carbonyl (C=O) groups is 2. The lowest BCUT2D eigenvalue weighted by Crippen LogP contribution is -2.42. The van der Waals surface area contributed by atoms with Crippen molar-refractivity contribution in [1.29, 1.82) is 0 Å². The molecule has 186 valence electrons. The largest absolute Gasteiger partial charge is 0.444 e. The third-order valence-electron chi connectivity index (χ3n) is 6.14. The number of ether oxygens (including phenoxy) is 1. The summed E-state index contributed by atoms with van der Waals surface area (Å²) in [6, 6.07) is 5.60. The molecule has 0 saturated carbocycles. The van der Waals surface area contributed by atoms with Gasteiger partial charge in [-0.15, -0.1) is 0 Å². The number of imidazole rings is 1. The van der Waals surface area contributed by atoms with Gasteiger partial charge in [0, 0.05) is 38.8 Å². The smallest absolute Gasteiger partial charge is 0.407 e. The van der Waals surface area contributed by atoms with Crippen LogP contribution in [0.2, 0.25) is 5.28 Å². The molecule has 3 heterocycles. The van der Waals surface area contributed by atoms with E-state index in [1.807, 2.05) is 51.4 Å². The monoisotopic (exact) mass is 498 g/mol. The van der Waals surface area contributed by atoms with Crippen molar-refractivity contribution in [3.8, 4) is 0 Å². The van der Waals surface area contributed by atoms with Gasteiger partial charge in [-0.1, -0.05) is 6.07 Å². The van der Waals surface area contributed by atoms with Crippen LogP contribution in [0.5, 0.6) is 0 Å². The zero-order valence-corrected chi connectivity index (χ0v) is 21.5. The summed E-state index contributed by atoms with van der Waals surface area (Å²) in [4.78, 5) is 40.4. The van der Waals surface area contributed by atoms with Crippen LogP contribution in [0.25, 0.3) is 11.0 Å². The molecule has 3 aromatic rings. The van der Waals surface area contributed by atoms with Gasteiger partial charge in [0.15, 0.2) is 5.78 Å². The molecule has 1 fully saturated rings. The van der Waals surface area contributed by atoms with Crippen LogP contribution in [0, 0.1) is 6.92 Å². The standard InChI is InChI=1S/C25H31ClN6O3/c1-15-29-21-19(31(15)5)9-8-16(13-20(33)18-10-11-27-23(26)30-18)22(21)32-12-6-7-17(32)14-28-24(34)35-25(2,3)4/h8-11,17H,6-7,12-14H2,1-5H3,(H,28,34)/t17-/m0/s1. The molecular formula is C25H31ClN6O3. The number of Topliss-reactive ketones (excluding diaryl/α,β-unsaturated/α-hetero) is 1. The molecular weight excluding hydrogens is 468 g/mol. The van der Waals surface area contributed by atoms with Gasteiger partial charge >= 0.3 is 6.09 Å². The normalized spacial score (nSPS) is 16.1. The Bertz CT molecular complexity index is 1270. The molecule has 0 radical (unpaired) electrons. The Morgan fingerprint density at radius 3 is 2.71 bits per heavy atom. The fourth-order valence-electron chi connectivity index (χ4n) is 4.48. The van der Waals surface area contributed by atoms with Crippen LogP contribution in [0.15, 0.2) is 24.4 Å². The van der Waals surface area contributed by atoms with Gasteiger partial charge in [-0.25, -0.2) is 19.7 Å². The number of ketones is 1. The predicted molar refractivity (Wildman–Crippen MR) is 135 cm³/mol. The van der Waals surface area contributed by atoms with Crippen molar-refractivity contribution < 1.29 is 14.3 Å². The van der Waals surface area contributed by atoms with Crippen LogP contribution in [0.3, 0.4) is 0 Å². The lowest BCUT2D eigenvalue weighted by molar-refractivity contribution is 0.0524. The molecule has 1 N–H and O–H groups in total. The SMILES string of the molecule is Cc1nc2c(N3CCC[C@H]3CNC(=O)OC(C)(C)C)c(CC(=O)c3ccnc(Cl)n3)ccc2n1C. The number of aromatic nitrogens is 4. The van der Waals surface area contributed by atoms with E-state index in [9.17, 15) is 9.59 Å². The van der Waals surface area contributed by atoms with Gasteiger partial charge in [-0.3, -0.25) is 4.79 Å². The molecule has 1 atom stereocenters. The molecule has 0 aliphatic carbocycles. The summed E-state index contributed by atoms with van der Waals surface area (Å²) in [6.45, 7) is 8.72. The molecule has 1 aromatic carbocycles. The molecule has 35 heavy (non-hydrogen) atoms. The number of fused-ring (bicyclic) bond motifs is 1. The Morgan fingerprint density at radius 1 is 1.23 bits per heavy atom. The lowest BCUT2D eigenvalue weighted by atomic mass is 10.0. The first-order valence-corrected chi connectivity index (χ1v) is 12.1. The van der Waals surface area contributed by atoms with Gasteiger partial charge in [0.05, 0.1) is 11.2 Å². The number of amides is 1. The molecule has 10 heteroatoms. The number of rotatable bonds is 6. The van der Waals surface area contributed by atoms with Gasteiger partial charge < -0.3 is 19.5 Å². The van der Waals surface area contributed by atoms with Crippen LogP contribution in [-0.2, 0) is 18.2 Å². The van der Waals surface area contributed by atoms with Gasteiger partial charge in [0.25, 0.3) is 0 Å². The summed E-state index contributed by atoms with van der Waals surface area (Å²) in [5.74, 6) is 0.736. The molecule has 0 bridgehead atoms. The Balaban J connectivity index is 1.67. The number of halogens is 1. The molecule has 9 nitrogen and oxygen atoms in total. The third-order valence-corrected chi connectivity index (χ3v) is 6.32. The van der Waals surface area contributed by atoms with E-state index in [0.29, 0.717) is 6.54 Å². The Hall–Kier alpha value is -3.20. The number of hydrogen-bond acceptors (Lipinski definition) is 7. The minimum atomic E-state index is -0.562. The predicted octanol–water partition coefficient (Wildman–Crippen LogP) is 4.24. The highest BCUT2D eigenvalue weighted by atomic mass is 35.5. The minimum absolute atomic E-state index is 0.0414. The fraction of sp³-hybridized carbons (Fsp3) is 0.480. The van der Waals surface area contributed by atoms with Crippen LogP contribution in [0.4, 0.5) is 10.5 Å². The van der Waals surface area contributed by atoms with Crippen molar-refractivity contribution in [2.75, 3.05) is 18.0 Å². The maximum absolute atomic E-state index is 13.1. The summed E-state index contributed by atoms with van der Waals surface area (Å²) in [5.41, 5.74) is 3.34. The number of carbonyl (C=O) groups excluding carboxylic acids is 2. The Kier molecular flexibility index (Phi) is 6.98. The molecule has 0 spiro atoms. The quantitative estimate of drug-likeness (QED) is 0.400. The first-order valence-electron chi connectivity index (χ1n) is 11.7. The maximum atomic E-state index is 13.1. The van der Waals surface area contributed by atoms with E-state index in [2.05, 4.69) is 20.2 Å². The number of hydrogen-bond donors (Lipinski definition) is 1. The van der Waals surface area contributed by atoms with E-state index in [-0.39, 0.29) is 29.2 Å². The van der Waals surface area contributed by atoms with Crippen molar-refractivity contribution in [2.45, 2.75) is 58.6 Å². The molecule has 1 saturated heterocycles.